The molecule has 2 heteroatoms. The maximum atomic E-state index is 5.82. The Morgan fingerprint density at radius 2 is 2.23 bits per heavy atom. The first-order valence-electron chi connectivity index (χ1n) is 4.03. The number of nitrogens with zero attached hydrogens (tertiary/aromatic N) is 1. The van der Waals surface area contributed by atoms with E-state index in [2.05, 4.69) is 18.3 Å². The van der Waals surface area contributed by atoms with E-state index in [-0.39, 0.29) is 0 Å². The zero-order valence-corrected chi connectivity index (χ0v) is 8.43. The number of rotatable bonds is 3. The molecule has 0 N–H and O–H groups in total. The van der Waals surface area contributed by atoms with Crippen molar-refractivity contribution in [3.05, 3.63) is 40.9 Å². The zero-order valence-electron chi connectivity index (χ0n) is 7.68. The molecule has 1 nitrogen and oxygen atoms in total. The van der Waals surface area contributed by atoms with Crippen molar-refractivity contribution in [2.45, 2.75) is 13.3 Å². The third-order valence-corrected chi connectivity index (χ3v) is 1.95. The van der Waals surface area contributed by atoms with Crippen LogP contribution in [0.2, 0.25) is 5.02 Å². The monoisotopic (exact) mass is 193 g/mol. The average molecular weight is 194 g/mol. The molecule has 0 aliphatic carbocycles. The first-order chi connectivity index (χ1) is 6.13. The molecule has 1 aromatic carbocycles. The van der Waals surface area contributed by atoms with Crippen LogP contribution >= 0.6 is 11.6 Å². The van der Waals surface area contributed by atoms with Gasteiger partial charge in [0.05, 0.1) is 5.69 Å². The minimum Gasteiger partial charge on any atom is -0.264 e. The van der Waals surface area contributed by atoms with Gasteiger partial charge in [-0.15, -0.1) is 0 Å². The number of benzene rings is 1. The van der Waals surface area contributed by atoms with Crippen LogP contribution < -0.4 is 0 Å². The predicted octanol–water partition coefficient (Wildman–Crippen LogP) is 3.79. The predicted molar refractivity (Wildman–Crippen MR) is 59.2 cm³/mol. The lowest BCUT2D eigenvalue weighted by molar-refractivity contribution is 1.15. The van der Waals surface area contributed by atoms with Crippen LogP contribution in [0.3, 0.4) is 0 Å². The van der Waals surface area contributed by atoms with Crippen molar-refractivity contribution >= 4 is 24.0 Å². The minimum absolute atomic E-state index is 0.688. The second-order valence-corrected chi connectivity index (χ2v) is 3.50. The summed E-state index contributed by atoms with van der Waals surface area (Å²) in [5, 5.41) is 0.688. The van der Waals surface area contributed by atoms with E-state index in [4.69, 9.17) is 11.6 Å². The molecule has 13 heavy (non-hydrogen) atoms. The molecule has 1 aromatic rings. The van der Waals surface area contributed by atoms with E-state index in [9.17, 15) is 0 Å². The highest BCUT2D eigenvalue weighted by Gasteiger charge is 2.01. The molecule has 0 fully saturated rings. The van der Waals surface area contributed by atoms with Gasteiger partial charge < -0.3 is 0 Å². The summed E-state index contributed by atoms with van der Waals surface area (Å²) in [6.45, 7) is 9.34. The first-order valence-corrected chi connectivity index (χ1v) is 4.41. The van der Waals surface area contributed by atoms with Crippen LogP contribution in [0.25, 0.3) is 0 Å². The highest BCUT2D eigenvalue weighted by Crippen LogP contribution is 2.24. The molecule has 0 saturated carbocycles. The van der Waals surface area contributed by atoms with E-state index >= 15 is 0 Å². The van der Waals surface area contributed by atoms with Crippen LogP contribution in [0, 0.1) is 0 Å². The first kappa shape index (κ1) is 10.0. The van der Waals surface area contributed by atoms with Crippen molar-refractivity contribution in [2.75, 3.05) is 0 Å². The van der Waals surface area contributed by atoms with Crippen molar-refractivity contribution in [2.24, 2.45) is 4.99 Å². The van der Waals surface area contributed by atoms with Gasteiger partial charge >= 0.3 is 0 Å². The molecule has 0 heterocycles. The fourth-order valence-electron chi connectivity index (χ4n) is 1.16. The Labute approximate surface area is 83.8 Å². The average Bonchev–Trinajstić information content (AvgIpc) is 2.07. The minimum atomic E-state index is 0.688. The quantitative estimate of drug-likeness (QED) is 0.512. The van der Waals surface area contributed by atoms with E-state index in [0.29, 0.717) is 5.02 Å². The Hall–Kier alpha value is -1.08. The van der Waals surface area contributed by atoms with E-state index in [1.54, 1.807) is 0 Å². The molecule has 0 aromatic heterocycles. The molecule has 0 unspecified atom stereocenters. The maximum absolute atomic E-state index is 5.82. The molecule has 0 atom stereocenters. The van der Waals surface area contributed by atoms with Gasteiger partial charge in [0.15, 0.2) is 0 Å². The Kier molecular flexibility index (Phi) is 3.26. The van der Waals surface area contributed by atoms with Crippen molar-refractivity contribution in [3.63, 3.8) is 0 Å². The van der Waals surface area contributed by atoms with Crippen LogP contribution in [0.15, 0.2) is 35.3 Å². The van der Waals surface area contributed by atoms with Crippen molar-refractivity contribution < 1.29 is 0 Å². The molecule has 0 radical (unpaired) electrons. The summed E-state index contributed by atoms with van der Waals surface area (Å²) in [7, 11) is 0. The number of aliphatic imine (C=N–C) groups is 1. The summed E-state index contributed by atoms with van der Waals surface area (Å²) in [6.07, 6.45) is 0.825. The zero-order chi connectivity index (χ0) is 9.84. The number of allylic oxidation sites excluding steroid dienone is 1. The molecule has 0 amide bonds. The Morgan fingerprint density at radius 3 is 2.77 bits per heavy atom. The summed E-state index contributed by atoms with van der Waals surface area (Å²) < 4.78 is 0. The maximum Gasteiger partial charge on any atom is 0.0672 e. The second kappa shape index (κ2) is 4.24. The third kappa shape index (κ3) is 2.71. The van der Waals surface area contributed by atoms with E-state index < -0.39 is 0 Å². The molecule has 0 saturated heterocycles. The Bertz CT molecular complexity index is 342. The van der Waals surface area contributed by atoms with Crippen LogP contribution in [-0.4, -0.2) is 6.72 Å². The van der Waals surface area contributed by atoms with Gasteiger partial charge in [0.1, 0.15) is 0 Å². The third-order valence-electron chi connectivity index (χ3n) is 1.71. The summed E-state index contributed by atoms with van der Waals surface area (Å²) in [5.41, 5.74) is 3.06. The van der Waals surface area contributed by atoms with Gasteiger partial charge in [-0.3, -0.25) is 4.99 Å². The summed E-state index contributed by atoms with van der Waals surface area (Å²) >= 11 is 5.82. The molecule has 0 spiro atoms. The van der Waals surface area contributed by atoms with Crippen LogP contribution in [0.5, 0.6) is 0 Å². The van der Waals surface area contributed by atoms with E-state index in [1.165, 1.54) is 0 Å². The summed E-state index contributed by atoms with van der Waals surface area (Å²) in [6, 6.07) is 5.63. The topological polar surface area (TPSA) is 12.4 Å². The Balaban J connectivity index is 3.05. The number of hydrogen-bond acceptors (Lipinski definition) is 1. The highest BCUT2D eigenvalue weighted by atomic mass is 35.5. The molecular formula is C11H12ClN. The number of hydrogen-bond donors (Lipinski definition) is 0. The van der Waals surface area contributed by atoms with Crippen molar-refractivity contribution in [1.29, 1.82) is 0 Å². The fourth-order valence-corrected chi connectivity index (χ4v) is 1.33. The van der Waals surface area contributed by atoms with Gasteiger partial charge in [-0.05, 0) is 37.8 Å². The normalized spacial score (nSPS) is 9.69. The van der Waals surface area contributed by atoms with Crippen LogP contribution in [0.1, 0.15) is 12.5 Å². The van der Waals surface area contributed by atoms with Crippen LogP contribution in [-0.2, 0) is 6.42 Å². The van der Waals surface area contributed by atoms with Crippen molar-refractivity contribution in [3.8, 4) is 0 Å². The summed E-state index contributed by atoms with van der Waals surface area (Å²) in [4.78, 5) is 3.91. The molecule has 68 valence electrons. The lowest BCUT2D eigenvalue weighted by atomic mass is 10.1. The molecular weight excluding hydrogens is 182 g/mol. The van der Waals surface area contributed by atoms with Gasteiger partial charge in [-0.1, -0.05) is 29.8 Å². The highest BCUT2D eigenvalue weighted by molar-refractivity contribution is 6.30. The molecule has 0 bridgehead atoms. The molecule has 0 aliphatic rings. The molecule has 1 rings (SSSR count). The standard InChI is InChI=1S/C11H12ClN/c1-8(2)6-9-4-5-10(12)7-11(9)13-3/h4-5,7H,1,3,6H2,2H3. The smallest absolute Gasteiger partial charge is 0.0672 e. The van der Waals surface area contributed by atoms with Gasteiger partial charge in [-0.2, -0.15) is 0 Å². The Morgan fingerprint density at radius 1 is 1.54 bits per heavy atom. The van der Waals surface area contributed by atoms with E-state index in [1.807, 2.05) is 25.1 Å². The number of halogens is 1. The molecule has 0 aliphatic heterocycles. The van der Waals surface area contributed by atoms with Gasteiger partial charge in [0.2, 0.25) is 0 Å². The largest absolute Gasteiger partial charge is 0.264 e. The van der Waals surface area contributed by atoms with Gasteiger partial charge in [-0.25, -0.2) is 0 Å². The summed E-state index contributed by atoms with van der Waals surface area (Å²) in [5.74, 6) is 0. The van der Waals surface area contributed by atoms with Crippen molar-refractivity contribution in [1.82, 2.24) is 0 Å². The van der Waals surface area contributed by atoms with Crippen LogP contribution in [0.4, 0.5) is 5.69 Å². The van der Waals surface area contributed by atoms with Gasteiger partial charge in [0.25, 0.3) is 0 Å². The SMILES string of the molecule is C=Nc1cc(Cl)ccc1CC(=C)C. The lowest BCUT2D eigenvalue weighted by Gasteiger charge is -2.04. The van der Waals surface area contributed by atoms with Gasteiger partial charge in [0, 0.05) is 5.02 Å². The second-order valence-electron chi connectivity index (χ2n) is 3.07. The van der Waals surface area contributed by atoms with E-state index in [0.717, 1.165) is 23.2 Å². The lowest BCUT2D eigenvalue weighted by Crippen LogP contribution is -1.86. The fraction of sp³-hybridized carbons (Fsp3) is 0.182.